The summed E-state index contributed by atoms with van der Waals surface area (Å²) in [4.78, 5) is 0. The van der Waals surface area contributed by atoms with Crippen LogP contribution in [0.2, 0.25) is 0 Å². The molecule has 1 heterocycles. The van der Waals surface area contributed by atoms with Crippen LogP contribution in [0.5, 0.6) is 0 Å². The highest BCUT2D eigenvalue weighted by Gasteiger charge is 2.43. The Labute approximate surface area is 73.9 Å². The first kappa shape index (κ1) is 8.52. The third kappa shape index (κ3) is 1.38. The predicted molar refractivity (Wildman–Crippen MR) is 46.7 cm³/mol. The average Bonchev–Trinajstić information content (AvgIpc) is 2.02. The van der Waals surface area contributed by atoms with Crippen LogP contribution in [0.15, 0.2) is 0 Å². The molecule has 2 heteroatoms. The van der Waals surface area contributed by atoms with Crippen LogP contribution in [0.1, 0.15) is 45.4 Å². The second kappa shape index (κ2) is 3.00. The first-order valence-electron chi connectivity index (χ1n) is 5.11. The van der Waals surface area contributed by atoms with E-state index in [1.807, 2.05) is 0 Å². The van der Waals surface area contributed by atoms with Crippen LogP contribution < -0.4 is 0 Å². The van der Waals surface area contributed by atoms with E-state index in [1.165, 1.54) is 6.42 Å². The molecule has 1 saturated carbocycles. The van der Waals surface area contributed by atoms with Crippen molar-refractivity contribution in [2.24, 2.45) is 5.92 Å². The van der Waals surface area contributed by atoms with Gasteiger partial charge in [0.25, 0.3) is 0 Å². The smallest absolute Gasteiger partial charge is 0.168 e. The van der Waals surface area contributed by atoms with E-state index in [0.29, 0.717) is 5.92 Å². The first-order valence-corrected chi connectivity index (χ1v) is 5.11. The van der Waals surface area contributed by atoms with Crippen molar-refractivity contribution in [3.05, 3.63) is 0 Å². The predicted octanol–water partition coefficient (Wildman–Crippen LogP) is 2.06. The van der Waals surface area contributed by atoms with Gasteiger partial charge in [-0.1, -0.05) is 6.42 Å². The number of rotatable bonds is 0. The Balaban J connectivity index is 2.07. The lowest BCUT2D eigenvalue weighted by Crippen LogP contribution is -2.48. The number of fused-ring (bicyclic) bond motifs is 1. The topological polar surface area (TPSA) is 29.5 Å². The van der Waals surface area contributed by atoms with Crippen LogP contribution in [-0.4, -0.2) is 17.0 Å². The van der Waals surface area contributed by atoms with E-state index in [0.717, 1.165) is 32.1 Å². The van der Waals surface area contributed by atoms with Gasteiger partial charge in [0.15, 0.2) is 5.79 Å². The molecule has 0 aromatic heterocycles. The quantitative estimate of drug-likeness (QED) is 0.603. The molecule has 1 N–H and O–H groups in total. The van der Waals surface area contributed by atoms with E-state index in [-0.39, 0.29) is 6.10 Å². The van der Waals surface area contributed by atoms with Gasteiger partial charge in [-0.25, -0.2) is 0 Å². The molecule has 0 radical (unpaired) electrons. The van der Waals surface area contributed by atoms with Crippen molar-refractivity contribution in [2.45, 2.75) is 57.3 Å². The highest BCUT2D eigenvalue weighted by atomic mass is 16.6. The maximum absolute atomic E-state index is 10.1. The molecule has 0 spiro atoms. The maximum Gasteiger partial charge on any atom is 0.168 e. The van der Waals surface area contributed by atoms with E-state index in [4.69, 9.17) is 4.74 Å². The van der Waals surface area contributed by atoms with Crippen LogP contribution in [-0.2, 0) is 4.74 Å². The SMILES string of the molecule is CC1CCC2CCCCC2(O)O1. The summed E-state index contributed by atoms with van der Waals surface area (Å²) >= 11 is 0. The molecule has 0 amide bonds. The fourth-order valence-corrected chi connectivity index (χ4v) is 2.57. The van der Waals surface area contributed by atoms with Gasteiger partial charge in [0.2, 0.25) is 0 Å². The van der Waals surface area contributed by atoms with Gasteiger partial charge in [-0.3, -0.25) is 0 Å². The van der Waals surface area contributed by atoms with Gasteiger partial charge in [0.05, 0.1) is 6.10 Å². The van der Waals surface area contributed by atoms with Gasteiger partial charge in [-0.15, -0.1) is 0 Å². The lowest BCUT2D eigenvalue weighted by atomic mass is 9.78. The van der Waals surface area contributed by atoms with Gasteiger partial charge in [0, 0.05) is 12.3 Å². The fraction of sp³-hybridized carbons (Fsp3) is 1.00. The Morgan fingerprint density at radius 3 is 2.92 bits per heavy atom. The second-order valence-corrected chi connectivity index (χ2v) is 4.29. The first-order chi connectivity index (χ1) is 5.71. The van der Waals surface area contributed by atoms with Crippen molar-refractivity contribution in [3.8, 4) is 0 Å². The molecular weight excluding hydrogens is 152 g/mol. The monoisotopic (exact) mass is 170 g/mol. The molecular formula is C10H18O2. The molecule has 3 unspecified atom stereocenters. The fourth-order valence-electron chi connectivity index (χ4n) is 2.57. The van der Waals surface area contributed by atoms with Crippen LogP contribution in [0.25, 0.3) is 0 Å². The summed E-state index contributed by atoms with van der Waals surface area (Å²) < 4.78 is 5.63. The molecule has 2 aliphatic rings. The molecule has 70 valence electrons. The van der Waals surface area contributed by atoms with Crippen LogP contribution in [0.3, 0.4) is 0 Å². The Bertz CT molecular complexity index is 169. The third-order valence-corrected chi connectivity index (χ3v) is 3.30. The van der Waals surface area contributed by atoms with Crippen molar-refractivity contribution in [2.75, 3.05) is 0 Å². The minimum absolute atomic E-state index is 0.254. The normalized spacial score (nSPS) is 48.5. The Morgan fingerprint density at radius 1 is 1.25 bits per heavy atom. The second-order valence-electron chi connectivity index (χ2n) is 4.29. The van der Waals surface area contributed by atoms with Crippen molar-refractivity contribution in [3.63, 3.8) is 0 Å². The molecule has 12 heavy (non-hydrogen) atoms. The van der Waals surface area contributed by atoms with Crippen LogP contribution in [0.4, 0.5) is 0 Å². The Kier molecular flexibility index (Phi) is 2.13. The highest BCUT2D eigenvalue weighted by molar-refractivity contribution is 4.86. The third-order valence-electron chi connectivity index (χ3n) is 3.30. The summed E-state index contributed by atoms with van der Waals surface area (Å²) in [5.74, 6) is -0.335. The largest absolute Gasteiger partial charge is 0.365 e. The lowest BCUT2D eigenvalue weighted by molar-refractivity contribution is -0.291. The minimum atomic E-state index is -0.754. The summed E-state index contributed by atoms with van der Waals surface area (Å²) in [5, 5.41) is 10.1. The molecule has 2 rings (SSSR count). The molecule has 2 nitrogen and oxygen atoms in total. The van der Waals surface area contributed by atoms with Gasteiger partial charge in [0.1, 0.15) is 0 Å². The zero-order valence-electron chi connectivity index (χ0n) is 7.75. The zero-order valence-corrected chi connectivity index (χ0v) is 7.75. The highest BCUT2D eigenvalue weighted by Crippen LogP contribution is 2.42. The summed E-state index contributed by atoms with van der Waals surface area (Å²) in [6.45, 7) is 2.06. The van der Waals surface area contributed by atoms with E-state index in [1.54, 1.807) is 0 Å². The van der Waals surface area contributed by atoms with Crippen molar-refractivity contribution in [1.29, 1.82) is 0 Å². The van der Waals surface area contributed by atoms with E-state index >= 15 is 0 Å². The maximum atomic E-state index is 10.1. The number of hydrogen-bond acceptors (Lipinski definition) is 2. The molecule has 1 aliphatic carbocycles. The van der Waals surface area contributed by atoms with Crippen molar-refractivity contribution >= 4 is 0 Å². The summed E-state index contributed by atoms with van der Waals surface area (Å²) in [5.41, 5.74) is 0. The molecule has 3 atom stereocenters. The molecule has 2 fully saturated rings. The number of hydrogen-bond donors (Lipinski definition) is 1. The van der Waals surface area contributed by atoms with Crippen LogP contribution >= 0.6 is 0 Å². The molecule has 1 saturated heterocycles. The molecule has 1 aliphatic heterocycles. The number of aliphatic hydroxyl groups is 1. The summed E-state index contributed by atoms with van der Waals surface area (Å²) in [6, 6.07) is 0. The molecule has 0 aromatic rings. The molecule has 0 aromatic carbocycles. The van der Waals surface area contributed by atoms with Gasteiger partial charge >= 0.3 is 0 Å². The van der Waals surface area contributed by atoms with Crippen molar-refractivity contribution in [1.82, 2.24) is 0 Å². The standard InChI is InChI=1S/C10H18O2/c1-8-5-6-9-4-2-3-7-10(9,11)12-8/h8-9,11H,2-7H2,1H3. The van der Waals surface area contributed by atoms with Gasteiger partial charge in [-0.05, 0) is 32.6 Å². The average molecular weight is 170 g/mol. The Hall–Kier alpha value is -0.0800. The lowest BCUT2D eigenvalue weighted by Gasteiger charge is -2.45. The van der Waals surface area contributed by atoms with Gasteiger partial charge < -0.3 is 9.84 Å². The van der Waals surface area contributed by atoms with Gasteiger partial charge in [-0.2, -0.15) is 0 Å². The van der Waals surface area contributed by atoms with E-state index in [9.17, 15) is 5.11 Å². The molecule has 0 bridgehead atoms. The summed E-state index contributed by atoms with van der Waals surface area (Å²) in [6.07, 6.45) is 6.92. The summed E-state index contributed by atoms with van der Waals surface area (Å²) in [7, 11) is 0. The Morgan fingerprint density at radius 2 is 2.08 bits per heavy atom. The minimum Gasteiger partial charge on any atom is -0.365 e. The van der Waals surface area contributed by atoms with Crippen LogP contribution in [0, 0.1) is 5.92 Å². The van der Waals surface area contributed by atoms with Crippen molar-refractivity contribution < 1.29 is 9.84 Å². The zero-order chi connectivity index (χ0) is 8.60. The number of ether oxygens (including phenoxy) is 1. The van der Waals surface area contributed by atoms with E-state index < -0.39 is 5.79 Å². The van der Waals surface area contributed by atoms with E-state index in [2.05, 4.69) is 6.92 Å².